The molecule has 0 bridgehead atoms. The zero-order chi connectivity index (χ0) is 40.9. The highest BCUT2D eigenvalue weighted by molar-refractivity contribution is 6.23. The summed E-state index contributed by atoms with van der Waals surface area (Å²) in [5.41, 5.74) is 8.75. The van der Waals surface area contributed by atoms with E-state index in [1.54, 1.807) is 12.1 Å². The Balaban J connectivity index is 0.813. The number of imide groups is 2. The third-order valence-corrected chi connectivity index (χ3v) is 12.5. The van der Waals surface area contributed by atoms with Crippen molar-refractivity contribution < 1.29 is 28.9 Å². The fraction of sp³-hybridized carbons (Fsp3) is 0.362. The Morgan fingerprint density at radius 1 is 0.729 bits per heavy atom. The fourth-order valence-corrected chi connectivity index (χ4v) is 9.25. The summed E-state index contributed by atoms with van der Waals surface area (Å²) in [7, 11) is 0.706. The predicted molar refractivity (Wildman–Crippen MR) is 230 cm³/mol. The van der Waals surface area contributed by atoms with Crippen molar-refractivity contribution in [2.75, 3.05) is 55.6 Å². The van der Waals surface area contributed by atoms with Gasteiger partial charge in [0.2, 0.25) is 11.8 Å². The molecular weight excluding hydrogens is 741 g/mol. The van der Waals surface area contributed by atoms with Crippen LogP contribution in [0.4, 0.5) is 11.4 Å². The first-order valence-electron chi connectivity index (χ1n) is 21.0. The molecule has 4 aromatic rings. The number of hydrogen-bond acceptors (Lipinski definition) is 9. The number of carbonyl (C=O) groups is 4. The number of benzene rings is 4. The van der Waals surface area contributed by atoms with Gasteiger partial charge in [-0.3, -0.25) is 34.3 Å². The van der Waals surface area contributed by atoms with Crippen LogP contribution in [-0.4, -0.2) is 98.0 Å². The van der Waals surface area contributed by atoms with E-state index in [9.17, 15) is 19.2 Å². The standard InChI is InChI=1S/C47H51BN5O6/c1-2-39(33-8-4-3-5-9-33)44(35-12-17-38(18-13-35)59-48-58)34-10-14-36(15-11-34)52-29-27-50(28-30-52)24-6-7-32-22-25-51(26-23-32)37-16-19-40-41(31-37)47(57)53(46(40)56)42-20-21-43(54)49-45(42)55/h3-5,8-19,31-32,42,58H,2,6-7,20-30H2,1H3,(H,49,54,55)/b44-39-. The first-order valence-corrected chi connectivity index (χ1v) is 21.0. The SMILES string of the molecule is CC/C(=C(/c1ccc(O[B]O)cc1)c1ccc(N2CCN(CCCC3CCN(c4ccc5c(c4)C(=O)N(C4CCC(=O)NC4=O)C5=O)CC3)CC2)cc1)c1ccccc1. The highest BCUT2D eigenvalue weighted by atomic mass is 16.5. The van der Waals surface area contributed by atoms with E-state index >= 15 is 0 Å². The zero-order valence-electron chi connectivity index (χ0n) is 33.6. The molecule has 4 aromatic carbocycles. The summed E-state index contributed by atoms with van der Waals surface area (Å²) in [6.45, 7) is 9.17. The van der Waals surface area contributed by atoms with Crippen molar-refractivity contribution in [3.05, 3.63) is 125 Å². The highest BCUT2D eigenvalue weighted by Crippen LogP contribution is 2.37. The molecule has 4 heterocycles. The molecule has 0 saturated carbocycles. The molecule has 0 spiro atoms. The number of piperidine rings is 2. The summed E-state index contributed by atoms with van der Waals surface area (Å²) in [4.78, 5) is 59.0. The van der Waals surface area contributed by atoms with Gasteiger partial charge in [-0.15, -0.1) is 0 Å². The number of amides is 4. The van der Waals surface area contributed by atoms with Crippen LogP contribution in [0.3, 0.4) is 0 Å². The molecule has 4 aliphatic rings. The van der Waals surface area contributed by atoms with E-state index in [1.165, 1.54) is 40.8 Å². The van der Waals surface area contributed by atoms with Gasteiger partial charge in [0.15, 0.2) is 0 Å². The number of allylic oxidation sites excluding steroid dienone is 1. The number of piperazine rings is 1. The Kier molecular flexibility index (Phi) is 12.3. The van der Waals surface area contributed by atoms with Crippen LogP contribution in [-0.2, 0) is 9.59 Å². The lowest BCUT2D eigenvalue weighted by Crippen LogP contribution is -2.54. The number of rotatable bonds is 13. The number of fused-ring (bicyclic) bond motifs is 1. The maximum atomic E-state index is 13.3. The van der Waals surface area contributed by atoms with Gasteiger partial charge in [-0.25, -0.2) is 0 Å². The van der Waals surface area contributed by atoms with Gasteiger partial charge in [-0.05, 0) is 121 Å². The molecule has 0 aromatic heterocycles. The summed E-state index contributed by atoms with van der Waals surface area (Å²) >= 11 is 0. The second-order valence-electron chi connectivity index (χ2n) is 15.9. The number of anilines is 2. The lowest BCUT2D eigenvalue weighted by molar-refractivity contribution is -0.136. The molecule has 3 fully saturated rings. The third-order valence-electron chi connectivity index (χ3n) is 12.5. The van der Waals surface area contributed by atoms with Crippen LogP contribution in [0.5, 0.6) is 5.75 Å². The van der Waals surface area contributed by atoms with E-state index in [-0.39, 0.29) is 18.7 Å². The summed E-state index contributed by atoms with van der Waals surface area (Å²) in [5.74, 6) is -0.663. The molecule has 2 N–H and O–H groups in total. The molecule has 0 aliphatic carbocycles. The van der Waals surface area contributed by atoms with Gasteiger partial charge < -0.3 is 19.5 Å². The maximum absolute atomic E-state index is 13.3. The molecule has 12 heteroatoms. The zero-order valence-corrected chi connectivity index (χ0v) is 33.6. The Bertz CT molecular complexity index is 2200. The topological polar surface area (TPSA) is 123 Å². The highest BCUT2D eigenvalue weighted by Gasteiger charge is 2.44. The van der Waals surface area contributed by atoms with Gasteiger partial charge in [0.1, 0.15) is 11.8 Å². The molecule has 1 atom stereocenters. The van der Waals surface area contributed by atoms with E-state index in [1.807, 2.05) is 24.3 Å². The number of carbonyl (C=O) groups excluding carboxylic acids is 4. The molecule has 1 radical (unpaired) electrons. The van der Waals surface area contributed by atoms with Crippen LogP contribution < -0.4 is 19.8 Å². The third kappa shape index (κ3) is 8.70. The van der Waals surface area contributed by atoms with Crippen molar-refractivity contribution in [2.24, 2.45) is 5.92 Å². The molecule has 59 heavy (non-hydrogen) atoms. The minimum atomic E-state index is -0.956. The van der Waals surface area contributed by atoms with E-state index in [2.05, 4.69) is 87.6 Å². The van der Waals surface area contributed by atoms with E-state index in [0.717, 1.165) is 81.2 Å². The quantitative estimate of drug-likeness (QED) is 0.0929. The van der Waals surface area contributed by atoms with E-state index in [4.69, 9.17) is 9.68 Å². The molecular formula is C47H51BN5O6. The summed E-state index contributed by atoms with van der Waals surface area (Å²) in [6, 6.07) is 31.9. The van der Waals surface area contributed by atoms with E-state index in [0.29, 0.717) is 30.5 Å². The maximum Gasteiger partial charge on any atom is 0.569 e. The second-order valence-corrected chi connectivity index (χ2v) is 15.9. The smallest absolute Gasteiger partial charge is 0.537 e. The van der Waals surface area contributed by atoms with Crippen LogP contribution in [0, 0.1) is 5.92 Å². The first kappa shape index (κ1) is 40.1. The van der Waals surface area contributed by atoms with Crippen molar-refractivity contribution >= 4 is 53.8 Å². The Hall–Kier alpha value is -5.72. The van der Waals surface area contributed by atoms with Gasteiger partial charge in [-0.2, -0.15) is 0 Å². The molecule has 4 amide bonds. The largest absolute Gasteiger partial charge is 0.569 e. The lowest BCUT2D eigenvalue weighted by Gasteiger charge is -2.37. The molecule has 3 saturated heterocycles. The van der Waals surface area contributed by atoms with Gasteiger partial charge in [0.25, 0.3) is 11.8 Å². The van der Waals surface area contributed by atoms with Crippen molar-refractivity contribution in [1.29, 1.82) is 0 Å². The first-order chi connectivity index (χ1) is 28.8. The summed E-state index contributed by atoms with van der Waals surface area (Å²) < 4.78 is 5.18. The molecule has 303 valence electrons. The molecule has 11 nitrogen and oxygen atoms in total. The molecule has 8 rings (SSSR count). The Morgan fingerprint density at radius 3 is 2.03 bits per heavy atom. The van der Waals surface area contributed by atoms with Crippen LogP contribution in [0.15, 0.2) is 97.1 Å². The lowest BCUT2D eigenvalue weighted by atomic mass is 9.88. The minimum absolute atomic E-state index is 0.105. The summed E-state index contributed by atoms with van der Waals surface area (Å²) in [6.07, 6.45) is 5.67. The minimum Gasteiger partial charge on any atom is -0.537 e. The molecule has 1 unspecified atom stereocenters. The van der Waals surface area contributed by atoms with Gasteiger partial charge >= 0.3 is 7.69 Å². The Labute approximate surface area is 346 Å². The van der Waals surface area contributed by atoms with Gasteiger partial charge in [0, 0.05) is 57.1 Å². The summed E-state index contributed by atoms with van der Waals surface area (Å²) in [5, 5.41) is 11.4. The number of nitrogens with one attached hydrogen (secondary N) is 1. The van der Waals surface area contributed by atoms with Gasteiger partial charge in [0.05, 0.1) is 11.1 Å². The van der Waals surface area contributed by atoms with Crippen LogP contribution >= 0.6 is 0 Å². The van der Waals surface area contributed by atoms with Crippen LogP contribution in [0.25, 0.3) is 11.1 Å². The average Bonchev–Trinajstić information content (AvgIpc) is 3.52. The Morgan fingerprint density at radius 2 is 1.37 bits per heavy atom. The normalized spacial score (nSPS) is 19.4. The van der Waals surface area contributed by atoms with Crippen molar-refractivity contribution in [1.82, 2.24) is 15.1 Å². The predicted octanol–water partition coefficient (Wildman–Crippen LogP) is 6.18. The molecule has 4 aliphatic heterocycles. The van der Waals surface area contributed by atoms with Crippen molar-refractivity contribution in [3.63, 3.8) is 0 Å². The monoisotopic (exact) mass is 792 g/mol. The van der Waals surface area contributed by atoms with E-state index < -0.39 is 23.8 Å². The van der Waals surface area contributed by atoms with Crippen molar-refractivity contribution in [3.8, 4) is 5.75 Å². The second kappa shape index (κ2) is 18.1. The van der Waals surface area contributed by atoms with Crippen LogP contribution in [0.2, 0.25) is 0 Å². The number of nitrogens with zero attached hydrogens (tertiary/aromatic N) is 4. The average molecular weight is 793 g/mol. The van der Waals surface area contributed by atoms with Gasteiger partial charge in [-0.1, -0.05) is 61.5 Å². The van der Waals surface area contributed by atoms with Crippen LogP contribution in [0.1, 0.15) is 89.3 Å². The van der Waals surface area contributed by atoms with Crippen molar-refractivity contribution in [2.45, 2.75) is 57.9 Å². The number of hydrogen-bond donors (Lipinski definition) is 2. The fourth-order valence-electron chi connectivity index (χ4n) is 9.25.